The van der Waals surface area contributed by atoms with E-state index in [1.54, 1.807) is 6.07 Å². The summed E-state index contributed by atoms with van der Waals surface area (Å²) in [5.74, 6) is 1.28. The number of hydrogen-bond donors (Lipinski definition) is 0. The molecule has 5 nitrogen and oxygen atoms in total. The Bertz CT molecular complexity index is 1380. The van der Waals surface area contributed by atoms with Gasteiger partial charge in [0.05, 0.1) is 10.4 Å². The highest BCUT2D eigenvalue weighted by Gasteiger charge is 2.31. The second-order valence-electron chi connectivity index (χ2n) is 8.93. The molecular weight excluding hydrogens is 497 g/mol. The van der Waals surface area contributed by atoms with E-state index in [2.05, 4.69) is 4.90 Å². The van der Waals surface area contributed by atoms with E-state index in [0.29, 0.717) is 48.3 Å². The monoisotopic (exact) mass is 522 g/mol. The summed E-state index contributed by atoms with van der Waals surface area (Å²) in [6, 6.07) is 18.7. The highest BCUT2D eigenvalue weighted by molar-refractivity contribution is 7.12. The summed E-state index contributed by atoms with van der Waals surface area (Å²) >= 11 is 1.42. The maximum absolute atomic E-state index is 13.3. The fraction of sp³-hybridized carbons (Fsp3) is 0.250. The van der Waals surface area contributed by atoms with Gasteiger partial charge in [-0.15, -0.1) is 11.3 Å². The lowest BCUT2D eigenvalue weighted by Gasteiger charge is -2.36. The molecule has 2 aromatic heterocycles. The number of rotatable bonds is 5. The minimum Gasteiger partial charge on any atom is -0.353 e. The zero-order chi connectivity index (χ0) is 26.0. The fourth-order valence-electron chi connectivity index (χ4n) is 4.50. The van der Waals surface area contributed by atoms with Crippen LogP contribution in [0, 0.1) is 6.92 Å². The van der Waals surface area contributed by atoms with Gasteiger partial charge in [-0.1, -0.05) is 54.6 Å². The summed E-state index contributed by atoms with van der Waals surface area (Å²) in [6.07, 6.45) is -4.14. The summed E-state index contributed by atoms with van der Waals surface area (Å²) in [6.45, 7) is 4.07. The van der Waals surface area contributed by atoms with Crippen molar-refractivity contribution >= 4 is 23.1 Å². The fourth-order valence-corrected chi connectivity index (χ4v) is 5.20. The number of aromatic nitrogens is 2. The molecule has 0 aliphatic carbocycles. The van der Waals surface area contributed by atoms with Crippen molar-refractivity contribution in [3.05, 3.63) is 99.4 Å². The summed E-state index contributed by atoms with van der Waals surface area (Å²) in [7, 11) is 0. The van der Waals surface area contributed by atoms with Crippen molar-refractivity contribution in [2.45, 2.75) is 19.5 Å². The Kier molecular flexibility index (Phi) is 6.97. The third-order valence-corrected chi connectivity index (χ3v) is 7.32. The number of benzene rings is 2. The standard InChI is InChI=1S/C28H25F3N4OS/c1-19-23(18-20-7-5-10-22(17-20)28(29,30)31)26(33-25(32-19)21-8-3-2-4-9-21)34-12-14-35(15-13-34)27(36)24-11-6-16-37-24/h2-11,16-17H,12-15,18H2,1H3. The van der Waals surface area contributed by atoms with E-state index in [1.807, 2.05) is 59.7 Å². The van der Waals surface area contributed by atoms with Crippen LogP contribution in [0.25, 0.3) is 11.4 Å². The second-order valence-corrected chi connectivity index (χ2v) is 9.88. The number of hydrogen-bond acceptors (Lipinski definition) is 5. The predicted octanol–water partition coefficient (Wildman–Crippen LogP) is 6.09. The lowest BCUT2D eigenvalue weighted by Crippen LogP contribution is -2.49. The van der Waals surface area contributed by atoms with Crippen LogP contribution < -0.4 is 4.90 Å². The Morgan fingerprint density at radius 2 is 1.70 bits per heavy atom. The zero-order valence-electron chi connectivity index (χ0n) is 20.2. The average Bonchev–Trinajstić information content (AvgIpc) is 3.45. The number of nitrogens with zero attached hydrogens (tertiary/aromatic N) is 4. The number of alkyl halides is 3. The van der Waals surface area contributed by atoms with Crippen LogP contribution in [0.4, 0.5) is 19.0 Å². The molecule has 0 saturated carbocycles. The van der Waals surface area contributed by atoms with Crippen LogP contribution in [0.3, 0.4) is 0 Å². The molecule has 1 fully saturated rings. The van der Waals surface area contributed by atoms with Gasteiger partial charge < -0.3 is 9.80 Å². The average molecular weight is 523 g/mol. The molecule has 3 heterocycles. The number of carbonyl (C=O) groups excluding carboxylic acids is 1. The quantitative estimate of drug-likeness (QED) is 0.319. The number of aryl methyl sites for hydroxylation is 1. The number of halogens is 3. The van der Waals surface area contributed by atoms with E-state index in [1.165, 1.54) is 23.5 Å². The Balaban J connectivity index is 1.47. The number of amides is 1. The van der Waals surface area contributed by atoms with Crippen LogP contribution in [-0.4, -0.2) is 47.0 Å². The summed E-state index contributed by atoms with van der Waals surface area (Å²) in [5, 5.41) is 1.89. The third kappa shape index (κ3) is 5.51. The highest BCUT2D eigenvalue weighted by atomic mass is 32.1. The van der Waals surface area contributed by atoms with Crippen LogP contribution in [0.1, 0.15) is 32.1 Å². The Labute approximate surface area is 217 Å². The van der Waals surface area contributed by atoms with Crippen molar-refractivity contribution in [3.63, 3.8) is 0 Å². The van der Waals surface area contributed by atoms with Crippen LogP contribution in [-0.2, 0) is 12.6 Å². The number of carbonyl (C=O) groups is 1. The van der Waals surface area contributed by atoms with Crippen LogP contribution in [0.2, 0.25) is 0 Å². The van der Waals surface area contributed by atoms with Gasteiger partial charge in [0.2, 0.25) is 0 Å². The molecule has 1 aliphatic heterocycles. The van der Waals surface area contributed by atoms with Crippen molar-refractivity contribution in [1.29, 1.82) is 0 Å². The largest absolute Gasteiger partial charge is 0.416 e. The summed E-state index contributed by atoms with van der Waals surface area (Å²) < 4.78 is 40.0. The van der Waals surface area contributed by atoms with Crippen molar-refractivity contribution in [1.82, 2.24) is 14.9 Å². The molecule has 0 N–H and O–H groups in total. The van der Waals surface area contributed by atoms with E-state index >= 15 is 0 Å². The Morgan fingerprint density at radius 3 is 2.38 bits per heavy atom. The van der Waals surface area contributed by atoms with Gasteiger partial charge in [0.15, 0.2) is 5.82 Å². The molecule has 0 atom stereocenters. The molecule has 1 amide bonds. The lowest BCUT2D eigenvalue weighted by molar-refractivity contribution is -0.137. The molecule has 4 aromatic rings. The van der Waals surface area contributed by atoms with Gasteiger partial charge in [-0.25, -0.2) is 9.97 Å². The number of piperazine rings is 1. The number of anilines is 1. The van der Waals surface area contributed by atoms with Crippen molar-refractivity contribution < 1.29 is 18.0 Å². The molecule has 0 radical (unpaired) electrons. The first kappa shape index (κ1) is 25.0. The third-order valence-electron chi connectivity index (χ3n) is 6.46. The first-order valence-corrected chi connectivity index (χ1v) is 12.8. The van der Waals surface area contributed by atoms with Gasteiger partial charge in [0.25, 0.3) is 5.91 Å². The van der Waals surface area contributed by atoms with Gasteiger partial charge >= 0.3 is 6.18 Å². The van der Waals surface area contributed by atoms with E-state index in [-0.39, 0.29) is 12.3 Å². The van der Waals surface area contributed by atoms with Crippen LogP contribution in [0.15, 0.2) is 72.1 Å². The molecule has 1 saturated heterocycles. The second kappa shape index (κ2) is 10.3. The summed E-state index contributed by atoms with van der Waals surface area (Å²) in [4.78, 5) is 27.1. The molecule has 37 heavy (non-hydrogen) atoms. The van der Waals surface area contributed by atoms with Gasteiger partial charge in [-0.05, 0) is 30.0 Å². The van der Waals surface area contributed by atoms with Crippen LogP contribution >= 0.6 is 11.3 Å². The normalized spacial score (nSPS) is 14.2. The minimum atomic E-state index is -4.41. The van der Waals surface area contributed by atoms with Gasteiger partial charge in [0.1, 0.15) is 5.82 Å². The first-order chi connectivity index (χ1) is 17.8. The van der Waals surface area contributed by atoms with Crippen LogP contribution in [0.5, 0.6) is 0 Å². The van der Waals surface area contributed by atoms with Gasteiger partial charge in [-0.3, -0.25) is 4.79 Å². The minimum absolute atomic E-state index is 0.0164. The Morgan fingerprint density at radius 1 is 0.946 bits per heavy atom. The molecule has 0 bridgehead atoms. The van der Waals surface area contributed by atoms with E-state index < -0.39 is 11.7 Å². The Hall–Kier alpha value is -3.72. The lowest BCUT2D eigenvalue weighted by atomic mass is 10.0. The molecule has 5 rings (SSSR count). The molecule has 1 aliphatic rings. The van der Waals surface area contributed by atoms with E-state index in [4.69, 9.17) is 9.97 Å². The SMILES string of the molecule is Cc1nc(-c2ccccc2)nc(N2CCN(C(=O)c3cccs3)CC2)c1Cc1cccc(C(F)(F)F)c1. The topological polar surface area (TPSA) is 49.3 Å². The van der Waals surface area contributed by atoms with Crippen molar-refractivity contribution in [3.8, 4) is 11.4 Å². The van der Waals surface area contributed by atoms with Crippen molar-refractivity contribution in [2.24, 2.45) is 0 Å². The highest BCUT2D eigenvalue weighted by Crippen LogP contribution is 2.32. The molecule has 9 heteroatoms. The van der Waals surface area contributed by atoms with Gasteiger partial charge in [0, 0.05) is 49.4 Å². The summed E-state index contributed by atoms with van der Waals surface area (Å²) in [5.41, 5.74) is 2.24. The smallest absolute Gasteiger partial charge is 0.353 e. The number of thiophene rings is 1. The van der Waals surface area contributed by atoms with E-state index in [0.717, 1.165) is 22.9 Å². The molecule has 0 spiro atoms. The molecule has 190 valence electrons. The molecule has 2 aromatic carbocycles. The van der Waals surface area contributed by atoms with Gasteiger partial charge in [-0.2, -0.15) is 13.2 Å². The maximum atomic E-state index is 13.3. The molecular formula is C28H25F3N4OS. The first-order valence-electron chi connectivity index (χ1n) is 12.0. The van der Waals surface area contributed by atoms with E-state index in [9.17, 15) is 18.0 Å². The maximum Gasteiger partial charge on any atom is 0.416 e. The zero-order valence-corrected chi connectivity index (χ0v) is 21.0. The molecule has 0 unspecified atom stereocenters. The van der Waals surface area contributed by atoms with Crippen molar-refractivity contribution in [2.75, 3.05) is 31.1 Å². The predicted molar refractivity (Wildman–Crippen MR) is 139 cm³/mol.